The van der Waals surface area contributed by atoms with Crippen molar-refractivity contribution in [2.24, 2.45) is 0 Å². The summed E-state index contributed by atoms with van der Waals surface area (Å²) in [7, 11) is 1.35. The lowest BCUT2D eigenvalue weighted by molar-refractivity contribution is -0.141. The number of unbranched alkanes of at least 4 members (excludes halogenated alkanes) is 4. The van der Waals surface area contributed by atoms with Crippen LogP contribution in [-0.2, 0) is 22.5 Å². The van der Waals surface area contributed by atoms with E-state index in [0.29, 0.717) is 5.82 Å². The van der Waals surface area contributed by atoms with Crippen molar-refractivity contribution in [2.45, 2.75) is 52.0 Å². The summed E-state index contributed by atoms with van der Waals surface area (Å²) < 4.78 is 6.10. The first-order valence-corrected chi connectivity index (χ1v) is 8.17. The normalized spacial score (nSPS) is 10.7. The summed E-state index contributed by atoms with van der Waals surface area (Å²) in [4.78, 5) is 11.4. The van der Waals surface area contributed by atoms with E-state index < -0.39 is 0 Å². The fraction of sp³-hybridized carbons (Fsp3) is 0.529. The van der Waals surface area contributed by atoms with Crippen molar-refractivity contribution in [1.82, 2.24) is 20.2 Å². The molecule has 0 radical (unpaired) electrons. The van der Waals surface area contributed by atoms with Crippen molar-refractivity contribution in [3.8, 4) is 11.4 Å². The van der Waals surface area contributed by atoms with Gasteiger partial charge in [-0.15, -0.1) is 5.10 Å². The Balaban J connectivity index is 1.94. The Morgan fingerprint density at radius 1 is 1.13 bits per heavy atom. The molecule has 0 fully saturated rings. The van der Waals surface area contributed by atoms with E-state index >= 15 is 0 Å². The molecule has 0 amide bonds. The summed E-state index contributed by atoms with van der Waals surface area (Å²) in [6.07, 6.45) is 7.51. The van der Waals surface area contributed by atoms with Gasteiger partial charge in [-0.3, -0.25) is 4.79 Å². The zero-order valence-electron chi connectivity index (χ0n) is 13.9. The third-order valence-corrected chi connectivity index (χ3v) is 3.82. The number of nitrogens with zero attached hydrogens (tertiary/aromatic N) is 4. The van der Waals surface area contributed by atoms with Crippen LogP contribution in [0.2, 0.25) is 0 Å². The maximum atomic E-state index is 11.4. The van der Waals surface area contributed by atoms with Crippen LogP contribution in [-0.4, -0.2) is 33.3 Å². The summed E-state index contributed by atoms with van der Waals surface area (Å²) in [5, 5.41) is 11.5. The highest BCUT2D eigenvalue weighted by molar-refractivity contribution is 5.69. The van der Waals surface area contributed by atoms with Crippen molar-refractivity contribution in [2.75, 3.05) is 7.11 Å². The topological polar surface area (TPSA) is 69.9 Å². The van der Waals surface area contributed by atoms with Gasteiger partial charge in [0.1, 0.15) is 6.54 Å². The standard InChI is InChI=1S/C17H24N4O2/c1-3-4-5-6-7-8-14-9-11-15(12-10-14)17-18-19-20-21(17)13-16(22)23-2/h9-12H,3-8,13H2,1-2H3. The Morgan fingerprint density at radius 3 is 2.57 bits per heavy atom. The van der Waals surface area contributed by atoms with Crippen LogP contribution in [0.25, 0.3) is 11.4 Å². The first-order valence-electron chi connectivity index (χ1n) is 8.17. The highest BCUT2D eigenvalue weighted by Gasteiger charge is 2.12. The Hall–Kier alpha value is -2.24. The lowest BCUT2D eigenvalue weighted by atomic mass is 10.0. The van der Waals surface area contributed by atoms with Crippen molar-refractivity contribution in [3.05, 3.63) is 29.8 Å². The Bertz CT molecular complexity index is 607. The molecule has 0 N–H and O–H groups in total. The molecule has 1 aromatic heterocycles. The number of methoxy groups -OCH3 is 1. The van der Waals surface area contributed by atoms with Crippen molar-refractivity contribution in [1.29, 1.82) is 0 Å². The molecule has 1 aromatic carbocycles. The number of aromatic nitrogens is 4. The summed E-state index contributed by atoms with van der Waals surface area (Å²) in [6, 6.07) is 8.21. The number of esters is 1. The number of benzene rings is 1. The van der Waals surface area contributed by atoms with Gasteiger partial charge >= 0.3 is 5.97 Å². The van der Waals surface area contributed by atoms with Gasteiger partial charge in [-0.25, -0.2) is 4.68 Å². The third kappa shape index (κ3) is 5.16. The molecular formula is C17H24N4O2. The van der Waals surface area contributed by atoms with Gasteiger partial charge < -0.3 is 4.74 Å². The fourth-order valence-corrected chi connectivity index (χ4v) is 2.46. The predicted octanol–water partition coefficient (Wildman–Crippen LogP) is 3.03. The van der Waals surface area contributed by atoms with E-state index in [-0.39, 0.29) is 12.5 Å². The second-order valence-corrected chi connectivity index (χ2v) is 5.60. The second kappa shape index (κ2) is 9.02. The molecule has 0 aliphatic carbocycles. The van der Waals surface area contributed by atoms with Crippen molar-refractivity contribution >= 4 is 5.97 Å². The molecular weight excluding hydrogens is 292 g/mol. The van der Waals surface area contributed by atoms with Gasteiger partial charge in [0.15, 0.2) is 5.82 Å². The number of carbonyl (C=O) groups excluding carboxylic acids is 1. The molecule has 0 saturated carbocycles. The number of aryl methyl sites for hydroxylation is 1. The largest absolute Gasteiger partial charge is 0.468 e. The Morgan fingerprint density at radius 2 is 1.87 bits per heavy atom. The van der Waals surface area contributed by atoms with E-state index in [1.54, 1.807) is 0 Å². The van der Waals surface area contributed by atoms with Crippen molar-refractivity contribution < 1.29 is 9.53 Å². The number of tetrazole rings is 1. The Labute approximate surface area is 136 Å². The monoisotopic (exact) mass is 316 g/mol. The zero-order chi connectivity index (χ0) is 16.5. The van der Waals surface area contributed by atoms with Gasteiger partial charge in [0.05, 0.1) is 7.11 Å². The van der Waals surface area contributed by atoms with E-state index in [1.165, 1.54) is 49.5 Å². The molecule has 0 aliphatic heterocycles. The SMILES string of the molecule is CCCCCCCc1ccc(-c2nnnn2CC(=O)OC)cc1. The average Bonchev–Trinajstić information content (AvgIpc) is 3.03. The lowest BCUT2D eigenvalue weighted by Crippen LogP contribution is -2.14. The first-order chi connectivity index (χ1) is 11.2. The lowest BCUT2D eigenvalue weighted by Gasteiger charge is -2.05. The molecule has 124 valence electrons. The summed E-state index contributed by atoms with van der Waals surface area (Å²) >= 11 is 0. The van der Waals surface area contributed by atoms with Gasteiger partial charge in [0.2, 0.25) is 0 Å². The number of carbonyl (C=O) groups is 1. The van der Waals surface area contributed by atoms with Crippen LogP contribution >= 0.6 is 0 Å². The quantitative estimate of drug-likeness (QED) is 0.525. The smallest absolute Gasteiger partial charge is 0.327 e. The first kappa shape index (κ1) is 17.1. The predicted molar refractivity (Wildman–Crippen MR) is 87.7 cm³/mol. The van der Waals surface area contributed by atoms with E-state index in [2.05, 4.69) is 39.3 Å². The summed E-state index contributed by atoms with van der Waals surface area (Å²) in [5.41, 5.74) is 2.21. The molecule has 6 heteroatoms. The number of hydrogen-bond donors (Lipinski definition) is 0. The van der Waals surface area contributed by atoms with Gasteiger partial charge in [-0.2, -0.15) is 0 Å². The van der Waals surface area contributed by atoms with E-state index in [0.717, 1.165) is 12.0 Å². The molecule has 0 spiro atoms. The number of hydrogen-bond acceptors (Lipinski definition) is 5. The van der Waals surface area contributed by atoms with Gasteiger partial charge in [0, 0.05) is 5.56 Å². The molecule has 0 atom stereocenters. The average molecular weight is 316 g/mol. The minimum atomic E-state index is -0.373. The van der Waals surface area contributed by atoms with Crippen molar-refractivity contribution in [3.63, 3.8) is 0 Å². The van der Waals surface area contributed by atoms with E-state index in [9.17, 15) is 4.79 Å². The molecule has 2 aromatic rings. The minimum absolute atomic E-state index is 0.0119. The van der Waals surface area contributed by atoms with Gasteiger partial charge in [-0.05, 0) is 28.8 Å². The fourth-order valence-electron chi connectivity index (χ4n) is 2.46. The second-order valence-electron chi connectivity index (χ2n) is 5.60. The molecule has 0 unspecified atom stereocenters. The zero-order valence-corrected chi connectivity index (χ0v) is 13.9. The highest BCUT2D eigenvalue weighted by atomic mass is 16.5. The minimum Gasteiger partial charge on any atom is -0.468 e. The van der Waals surface area contributed by atoms with Crippen LogP contribution in [0, 0.1) is 0 Å². The summed E-state index contributed by atoms with van der Waals surface area (Å²) in [6.45, 7) is 2.24. The van der Waals surface area contributed by atoms with Crippen LogP contribution in [0.3, 0.4) is 0 Å². The molecule has 23 heavy (non-hydrogen) atoms. The van der Waals surface area contributed by atoms with Crippen LogP contribution in [0.4, 0.5) is 0 Å². The Kier molecular flexibility index (Phi) is 6.72. The maximum absolute atomic E-state index is 11.4. The van der Waals surface area contributed by atoms with Crippen LogP contribution in [0.1, 0.15) is 44.6 Å². The summed E-state index contributed by atoms with van der Waals surface area (Å²) in [5.74, 6) is 0.201. The molecule has 1 heterocycles. The molecule has 2 rings (SSSR count). The molecule has 0 aliphatic rings. The maximum Gasteiger partial charge on any atom is 0.327 e. The van der Waals surface area contributed by atoms with E-state index in [1.807, 2.05) is 12.1 Å². The highest BCUT2D eigenvalue weighted by Crippen LogP contribution is 2.18. The molecule has 0 bridgehead atoms. The van der Waals surface area contributed by atoms with Gasteiger partial charge in [-0.1, -0.05) is 56.9 Å². The molecule has 0 saturated heterocycles. The van der Waals surface area contributed by atoms with Crippen LogP contribution in [0.5, 0.6) is 0 Å². The van der Waals surface area contributed by atoms with Gasteiger partial charge in [0.25, 0.3) is 0 Å². The van der Waals surface area contributed by atoms with Crippen LogP contribution in [0.15, 0.2) is 24.3 Å². The number of rotatable bonds is 9. The third-order valence-electron chi connectivity index (χ3n) is 3.82. The van der Waals surface area contributed by atoms with Crippen LogP contribution < -0.4 is 0 Å². The number of ether oxygens (including phenoxy) is 1. The van der Waals surface area contributed by atoms with E-state index in [4.69, 9.17) is 0 Å². The molecule has 6 nitrogen and oxygen atoms in total.